The number of benzene rings is 1. The lowest BCUT2D eigenvalue weighted by molar-refractivity contribution is -0.137. The summed E-state index contributed by atoms with van der Waals surface area (Å²) in [4.78, 5) is 0. The van der Waals surface area contributed by atoms with Crippen LogP contribution in [0.1, 0.15) is 23.7 Å². The Balaban J connectivity index is 2.15. The summed E-state index contributed by atoms with van der Waals surface area (Å²) in [6.45, 7) is 4.70. The first kappa shape index (κ1) is 17.3. The molecule has 0 fully saturated rings. The second kappa shape index (κ2) is 6.99. The number of anilines is 1. The summed E-state index contributed by atoms with van der Waals surface area (Å²) in [7, 11) is 0. The van der Waals surface area contributed by atoms with Gasteiger partial charge in [-0.15, -0.1) is 0 Å². The van der Waals surface area contributed by atoms with Crippen molar-refractivity contribution in [2.24, 2.45) is 0 Å². The maximum Gasteiger partial charge on any atom is 0.416 e. The molecule has 0 atom stereocenters. The van der Waals surface area contributed by atoms with Crippen molar-refractivity contribution in [1.29, 1.82) is 0 Å². The summed E-state index contributed by atoms with van der Waals surface area (Å²) in [6, 6.07) is 7.03. The van der Waals surface area contributed by atoms with E-state index >= 15 is 0 Å². The van der Waals surface area contributed by atoms with E-state index in [0.29, 0.717) is 23.0 Å². The van der Waals surface area contributed by atoms with Gasteiger partial charge in [0.1, 0.15) is 0 Å². The standard InChI is InChI=1S/C15H17F3N4S/c1-3-19-14(23)20-13-7-10(2)22(21-13)9-11-5-4-6-12(8-11)15(16,17)18/h4-8H,3,9H2,1-2H3,(H2,19,20,21,23). The van der Waals surface area contributed by atoms with Crippen LogP contribution in [0.15, 0.2) is 30.3 Å². The second-order valence-electron chi connectivity index (χ2n) is 5.01. The van der Waals surface area contributed by atoms with Crippen LogP contribution in [-0.4, -0.2) is 21.4 Å². The Labute approximate surface area is 137 Å². The average molecular weight is 342 g/mol. The Hall–Kier alpha value is -2.09. The third-order valence-corrected chi connectivity index (χ3v) is 3.39. The summed E-state index contributed by atoms with van der Waals surface area (Å²) < 4.78 is 39.9. The number of thiocarbonyl (C=S) groups is 1. The smallest absolute Gasteiger partial charge is 0.363 e. The molecule has 0 spiro atoms. The largest absolute Gasteiger partial charge is 0.416 e. The average Bonchev–Trinajstić information content (AvgIpc) is 2.78. The molecule has 0 unspecified atom stereocenters. The van der Waals surface area contributed by atoms with Crippen LogP contribution in [0.3, 0.4) is 0 Å². The van der Waals surface area contributed by atoms with Gasteiger partial charge in [0.05, 0.1) is 12.1 Å². The quantitative estimate of drug-likeness (QED) is 0.834. The van der Waals surface area contributed by atoms with Crippen LogP contribution in [0.25, 0.3) is 0 Å². The minimum atomic E-state index is -4.35. The normalized spacial score (nSPS) is 11.3. The van der Waals surface area contributed by atoms with Gasteiger partial charge in [-0.05, 0) is 43.8 Å². The number of hydrogen-bond acceptors (Lipinski definition) is 2. The number of nitrogens with zero attached hydrogens (tertiary/aromatic N) is 2. The van der Waals surface area contributed by atoms with E-state index in [1.165, 1.54) is 6.07 Å². The van der Waals surface area contributed by atoms with E-state index in [2.05, 4.69) is 15.7 Å². The van der Waals surface area contributed by atoms with Crippen LogP contribution in [0.4, 0.5) is 19.0 Å². The minimum absolute atomic E-state index is 0.255. The van der Waals surface area contributed by atoms with Gasteiger partial charge in [0.2, 0.25) is 0 Å². The van der Waals surface area contributed by atoms with Gasteiger partial charge in [-0.25, -0.2) is 0 Å². The van der Waals surface area contributed by atoms with E-state index in [1.54, 1.807) is 16.8 Å². The highest BCUT2D eigenvalue weighted by Gasteiger charge is 2.30. The van der Waals surface area contributed by atoms with Crippen LogP contribution in [0, 0.1) is 6.92 Å². The Kier molecular flexibility index (Phi) is 5.25. The van der Waals surface area contributed by atoms with Crippen LogP contribution in [0.5, 0.6) is 0 Å². The van der Waals surface area contributed by atoms with Crippen molar-refractivity contribution in [3.8, 4) is 0 Å². The van der Waals surface area contributed by atoms with E-state index in [1.807, 2.05) is 13.8 Å². The molecule has 0 aliphatic rings. The zero-order valence-electron chi connectivity index (χ0n) is 12.7. The first-order valence-corrected chi connectivity index (χ1v) is 7.46. The van der Waals surface area contributed by atoms with E-state index in [4.69, 9.17) is 12.2 Å². The van der Waals surface area contributed by atoms with Gasteiger partial charge in [-0.2, -0.15) is 18.3 Å². The Morgan fingerprint density at radius 2 is 2.04 bits per heavy atom. The van der Waals surface area contributed by atoms with Crippen LogP contribution < -0.4 is 10.6 Å². The maximum absolute atomic E-state index is 12.8. The molecule has 0 bridgehead atoms. The van der Waals surface area contributed by atoms with E-state index in [9.17, 15) is 13.2 Å². The highest BCUT2D eigenvalue weighted by Crippen LogP contribution is 2.29. The van der Waals surface area contributed by atoms with Crippen molar-refractivity contribution in [3.05, 3.63) is 47.2 Å². The fraction of sp³-hybridized carbons (Fsp3) is 0.333. The summed E-state index contributed by atoms with van der Waals surface area (Å²) in [6.07, 6.45) is -4.35. The van der Waals surface area contributed by atoms with Crippen molar-refractivity contribution < 1.29 is 13.2 Å². The molecule has 23 heavy (non-hydrogen) atoms. The molecular weight excluding hydrogens is 325 g/mol. The second-order valence-corrected chi connectivity index (χ2v) is 5.42. The molecule has 1 aromatic heterocycles. The fourth-order valence-corrected chi connectivity index (χ4v) is 2.32. The third kappa shape index (κ3) is 4.69. The zero-order valence-corrected chi connectivity index (χ0v) is 13.6. The molecular formula is C15H17F3N4S. The molecule has 0 aliphatic heterocycles. The Morgan fingerprint density at radius 3 is 2.70 bits per heavy atom. The van der Waals surface area contributed by atoms with E-state index in [0.717, 1.165) is 17.8 Å². The molecule has 2 N–H and O–H groups in total. The third-order valence-electron chi connectivity index (χ3n) is 3.15. The fourth-order valence-electron chi connectivity index (χ4n) is 2.07. The number of aryl methyl sites for hydroxylation is 1. The molecule has 1 heterocycles. The number of hydrogen-bond donors (Lipinski definition) is 2. The molecule has 2 rings (SSSR count). The van der Waals surface area contributed by atoms with Crippen molar-refractivity contribution in [2.75, 3.05) is 11.9 Å². The van der Waals surface area contributed by atoms with E-state index < -0.39 is 11.7 Å². The Bertz CT molecular complexity index is 694. The predicted molar refractivity (Wildman–Crippen MR) is 87.4 cm³/mol. The topological polar surface area (TPSA) is 41.9 Å². The number of alkyl halides is 3. The SMILES string of the molecule is CCNC(=S)Nc1cc(C)n(Cc2cccc(C(F)(F)F)c2)n1. The van der Waals surface area contributed by atoms with Crippen molar-refractivity contribution >= 4 is 23.1 Å². The summed E-state index contributed by atoms with van der Waals surface area (Å²) in [5, 5.41) is 10.6. The van der Waals surface area contributed by atoms with E-state index in [-0.39, 0.29) is 6.54 Å². The molecule has 2 aromatic rings. The van der Waals surface area contributed by atoms with Gasteiger partial charge in [0, 0.05) is 18.3 Å². The molecule has 1 aromatic carbocycles. The summed E-state index contributed by atoms with van der Waals surface area (Å²) >= 11 is 5.08. The number of halogens is 3. The maximum atomic E-state index is 12.8. The zero-order chi connectivity index (χ0) is 17.0. The lowest BCUT2D eigenvalue weighted by Crippen LogP contribution is -2.28. The number of rotatable bonds is 4. The van der Waals surface area contributed by atoms with Crippen molar-refractivity contribution in [2.45, 2.75) is 26.6 Å². The van der Waals surface area contributed by atoms with Gasteiger partial charge in [-0.1, -0.05) is 12.1 Å². The first-order valence-electron chi connectivity index (χ1n) is 7.05. The lowest BCUT2D eigenvalue weighted by Gasteiger charge is -2.09. The van der Waals surface area contributed by atoms with Crippen molar-refractivity contribution in [3.63, 3.8) is 0 Å². The van der Waals surface area contributed by atoms with Gasteiger partial charge in [0.25, 0.3) is 0 Å². The van der Waals surface area contributed by atoms with Crippen LogP contribution in [0.2, 0.25) is 0 Å². The van der Waals surface area contributed by atoms with Crippen LogP contribution in [-0.2, 0) is 12.7 Å². The van der Waals surface area contributed by atoms with Crippen LogP contribution >= 0.6 is 12.2 Å². The summed E-state index contributed by atoms with van der Waals surface area (Å²) in [5.74, 6) is 0.556. The highest BCUT2D eigenvalue weighted by atomic mass is 32.1. The number of nitrogens with one attached hydrogen (secondary N) is 2. The molecule has 8 heteroatoms. The minimum Gasteiger partial charge on any atom is -0.363 e. The molecule has 124 valence electrons. The first-order chi connectivity index (χ1) is 10.8. The molecule has 0 radical (unpaired) electrons. The molecule has 0 aliphatic carbocycles. The molecule has 0 saturated carbocycles. The summed E-state index contributed by atoms with van der Waals surface area (Å²) in [5.41, 5.74) is 0.697. The van der Waals surface area contributed by atoms with Gasteiger partial charge in [-0.3, -0.25) is 4.68 Å². The van der Waals surface area contributed by atoms with Crippen molar-refractivity contribution in [1.82, 2.24) is 15.1 Å². The molecule has 0 amide bonds. The molecule has 4 nitrogen and oxygen atoms in total. The monoisotopic (exact) mass is 342 g/mol. The molecule has 0 saturated heterocycles. The lowest BCUT2D eigenvalue weighted by atomic mass is 10.1. The predicted octanol–water partition coefficient (Wildman–Crippen LogP) is 3.56. The van der Waals surface area contributed by atoms with Gasteiger partial charge < -0.3 is 10.6 Å². The number of aromatic nitrogens is 2. The highest BCUT2D eigenvalue weighted by molar-refractivity contribution is 7.80. The van der Waals surface area contributed by atoms with Gasteiger partial charge in [0.15, 0.2) is 10.9 Å². The van der Waals surface area contributed by atoms with Gasteiger partial charge >= 0.3 is 6.18 Å². The Morgan fingerprint density at radius 1 is 1.30 bits per heavy atom.